The van der Waals surface area contributed by atoms with Crippen LogP contribution in [0, 0.1) is 29.1 Å². The van der Waals surface area contributed by atoms with Crippen molar-refractivity contribution < 1.29 is 0 Å². The summed E-state index contributed by atoms with van der Waals surface area (Å²) in [5.41, 5.74) is 9.57. The third kappa shape index (κ3) is 5.50. The summed E-state index contributed by atoms with van der Waals surface area (Å²) in [6.45, 7) is 14.1. The minimum atomic E-state index is 0.428. The van der Waals surface area contributed by atoms with E-state index >= 15 is 0 Å². The van der Waals surface area contributed by atoms with Crippen LogP contribution in [0.5, 0.6) is 0 Å². The van der Waals surface area contributed by atoms with Gasteiger partial charge in [0.1, 0.15) is 0 Å². The van der Waals surface area contributed by atoms with Crippen LogP contribution in [0.15, 0.2) is 36.1 Å². The molecule has 1 aromatic rings. The number of benzene rings is 1. The van der Waals surface area contributed by atoms with Gasteiger partial charge in [0.05, 0.1) is 0 Å². The zero-order valence-electron chi connectivity index (χ0n) is 20.7. The highest BCUT2D eigenvalue weighted by Crippen LogP contribution is 2.63. The lowest BCUT2D eigenvalue weighted by Crippen LogP contribution is -2.31. The summed E-state index contributed by atoms with van der Waals surface area (Å²) in [4.78, 5) is 0. The van der Waals surface area contributed by atoms with Gasteiger partial charge in [-0.15, -0.1) is 5.73 Å². The van der Waals surface area contributed by atoms with E-state index in [2.05, 4.69) is 77.6 Å². The normalized spacial score (nSPS) is 32.1. The van der Waals surface area contributed by atoms with Crippen LogP contribution in [0.2, 0.25) is 0 Å². The van der Waals surface area contributed by atoms with Gasteiger partial charge in [0, 0.05) is 5.57 Å². The molecule has 3 aliphatic carbocycles. The van der Waals surface area contributed by atoms with Crippen LogP contribution < -0.4 is 0 Å². The summed E-state index contributed by atoms with van der Waals surface area (Å²) < 4.78 is 0. The van der Waals surface area contributed by atoms with Gasteiger partial charge in [-0.05, 0) is 104 Å². The molecule has 3 unspecified atom stereocenters. The van der Waals surface area contributed by atoms with Crippen molar-refractivity contribution >= 4 is 5.57 Å². The summed E-state index contributed by atoms with van der Waals surface area (Å²) in [6.07, 6.45) is 17.8. The SMILES string of the molecule is CCCC12CCC(CC)(CC(C)C1)C2.Cc1ccccc1C1=C=CCC(C)(C)CC1. The van der Waals surface area contributed by atoms with Gasteiger partial charge in [0.2, 0.25) is 0 Å². The van der Waals surface area contributed by atoms with E-state index < -0.39 is 0 Å². The summed E-state index contributed by atoms with van der Waals surface area (Å²) in [5.74, 6) is 0.998. The third-order valence-corrected chi connectivity index (χ3v) is 8.48. The molecule has 3 aliphatic rings. The molecule has 0 N–H and O–H groups in total. The van der Waals surface area contributed by atoms with E-state index in [1.165, 1.54) is 61.6 Å². The molecule has 0 nitrogen and oxygen atoms in total. The molecule has 0 aliphatic heterocycles. The first-order valence-corrected chi connectivity index (χ1v) is 12.7. The molecule has 4 rings (SSSR count). The zero-order valence-corrected chi connectivity index (χ0v) is 20.7. The molecule has 0 radical (unpaired) electrons. The van der Waals surface area contributed by atoms with Crippen molar-refractivity contribution in [2.75, 3.05) is 0 Å². The highest BCUT2D eigenvalue weighted by atomic mass is 14.6. The largest absolute Gasteiger partial charge is 0.121 e. The molecule has 0 amide bonds. The van der Waals surface area contributed by atoms with E-state index in [9.17, 15) is 0 Å². The van der Waals surface area contributed by atoms with Gasteiger partial charge < -0.3 is 0 Å². The fourth-order valence-electron chi connectivity index (χ4n) is 6.91. The number of rotatable bonds is 4. The van der Waals surface area contributed by atoms with Crippen LogP contribution in [0.1, 0.15) is 116 Å². The number of hydrogen-bond donors (Lipinski definition) is 0. The number of fused-ring (bicyclic) bond motifs is 2. The number of aryl methyl sites for hydroxylation is 1. The zero-order chi connectivity index (χ0) is 21.8. The molecule has 0 saturated heterocycles. The second-order valence-corrected chi connectivity index (χ2v) is 11.8. The second kappa shape index (κ2) is 9.48. The summed E-state index contributed by atoms with van der Waals surface area (Å²) >= 11 is 0. The highest BCUT2D eigenvalue weighted by molar-refractivity contribution is 5.67. The predicted octanol–water partition coefficient (Wildman–Crippen LogP) is 9.53. The maximum Gasteiger partial charge on any atom is 0.00115 e. The summed E-state index contributed by atoms with van der Waals surface area (Å²) in [7, 11) is 0. The molecule has 0 heteroatoms. The molecule has 0 heterocycles. The van der Waals surface area contributed by atoms with Crippen LogP contribution >= 0.6 is 0 Å². The van der Waals surface area contributed by atoms with Crippen LogP contribution in [0.3, 0.4) is 0 Å². The van der Waals surface area contributed by atoms with Crippen LogP contribution in [-0.4, -0.2) is 0 Å². The lowest BCUT2D eigenvalue weighted by molar-refractivity contribution is 0.0849. The molecule has 1 aromatic carbocycles. The monoisotopic (exact) mass is 406 g/mol. The Labute approximate surface area is 187 Å². The van der Waals surface area contributed by atoms with Gasteiger partial charge in [0.15, 0.2) is 0 Å². The van der Waals surface area contributed by atoms with Gasteiger partial charge in [-0.1, -0.05) is 71.7 Å². The minimum absolute atomic E-state index is 0.428. The van der Waals surface area contributed by atoms with Crippen molar-refractivity contribution in [3.05, 3.63) is 47.2 Å². The Bertz CT molecular complexity index is 775. The molecular weight excluding hydrogens is 360 g/mol. The molecule has 3 atom stereocenters. The van der Waals surface area contributed by atoms with E-state index in [4.69, 9.17) is 0 Å². The Morgan fingerprint density at radius 1 is 1.00 bits per heavy atom. The van der Waals surface area contributed by atoms with Crippen molar-refractivity contribution in [1.29, 1.82) is 0 Å². The first-order valence-electron chi connectivity index (χ1n) is 12.7. The molecule has 166 valence electrons. The Morgan fingerprint density at radius 3 is 2.40 bits per heavy atom. The first kappa shape index (κ1) is 23.4. The standard InChI is InChI=1S/C16H20.C14H26/c1-13-7-4-5-9-15(13)14-8-6-11-16(2,3)12-10-14;1-4-6-14-8-7-13(5-2,11-14)9-12(3)10-14/h4-7,9H,10-12H2,1-3H3;12H,4-11H2,1-3H3. The van der Waals surface area contributed by atoms with Crippen LogP contribution in [0.25, 0.3) is 5.57 Å². The average molecular weight is 407 g/mol. The van der Waals surface area contributed by atoms with E-state index in [1.807, 2.05) is 0 Å². The fraction of sp³-hybridized carbons (Fsp3) is 0.700. The summed E-state index contributed by atoms with van der Waals surface area (Å²) in [5, 5.41) is 0. The molecule has 0 spiro atoms. The molecular formula is C30H46. The van der Waals surface area contributed by atoms with Crippen molar-refractivity contribution in [2.24, 2.45) is 22.2 Å². The Morgan fingerprint density at radius 2 is 1.70 bits per heavy atom. The van der Waals surface area contributed by atoms with Crippen LogP contribution in [0.4, 0.5) is 0 Å². The van der Waals surface area contributed by atoms with Gasteiger partial charge >= 0.3 is 0 Å². The van der Waals surface area contributed by atoms with E-state index in [1.54, 1.807) is 12.8 Å². The maximum absolute atomic E-state index is 3.49. The third-order valence-electron chi connectivity index (χ3n) is 8.48. The molecule has 30 heavy (non-hydrogen) atoms. The molecule has 2 saturated carbocycles. The Hall–Kier alpha value is -1.26. The van der Waals surface area contributed by atoms with E-state index in [-0.39, 0.29) is 0 Å². The topological polar surface area (TPSA) is 0 Å². The van der Waals surface area contributed by atoms with Crippen molar-refractivity contribution in [3.8, 4) is 0 Å². The van der Waals surface area contributed by atoms with E-state index in [0.29, 0.717) is 5.41 Å². The number of allylic oxidation sites excluding steroid dienone is 1. The van der Waals surface area contributed by atoms with Crippen molar-refractivity contribution in [3.63, 3.8) is 0 Å². The van der Waals surface area contributed by atoms with Gasteiger partial charge in [-0.25, -0.2) is 0 Å². The minimum Gasteiger partial charge on any atom is -0.121 e. The predicted molar refractivity (Wildman–Crippen MR) is 133 cm³/mol. The summed E-state index contributed by atoms with van der Waals surface area (Å²) in [6, 6.07) is 8.61. The van der Waals surface area contributed by atoms with E-state index in [0.717, 1.165) is 29.6 Å². The Balaban J connectivity index is 0.000000172. The molecule has 0 aromatic heterocycles. The van der Waals surface area contributed by atoms with Crippen molar-refractivity contribution in [2.45, 2.75) is 112 Å². The molecule has 2 bridgehead atoms. The maximum atomic E-state index is 3.49. The molecule has 2 fully saturated rings. The average Bonchev–Trinajstić information content (AvgIpc) is 2.84. The lowest BCUT2D eigenvalue weighted by atomic mass is 9.63. The van der Waals surface area contributed by atoms with Crippen LogP contribution in [-0.2, 0) is 0 Å². The fourth-order valence-corrected chi connectivity index (χ4v) is 6.91. The highest BCUT2D eigenvalue weighted by Gasteiger charge is 2.51. The Kier molecular flexibility index (Phi) is 7.40. The van der Waals surface area contributed by atoms with Gasteiger partial charge in [0.25, 0.3) is 0 Å². The smallest absolute Gasteiger partial charge is 0.00115 e. The van der Waals surface area contributed by atoms with Gasteiger partial charge in [-0.3, -0.25) is 0 Å². The van der Waals surface area contributed by atoms with Crippen molar-refractivity contribution in [1.82, 2.24) is 0 Å². The van der Waals surface area contributed by atoms with Gasteiger partial charge in [-0.2, -0.15) is 0 Å². The quantitative estimate of drug-likeness (QED) is 0.437. The first-order chi connectivity index (χ1) is 14.2. The lowest BCUT2D eigenvalue weighted by Gasteiger charge is -2.42. The number of hydrogen-bond acceptors (Lipinski definition) is 0. The second-order valence-electron chi connectivity index (χ2n) is 11.8.